The van der Waals surface area contributed by atoms with Crippen molar-refractivity contribution in [1.29, 1.82) is 0 Å². The summed E-state index contributed by atoms with van der Waals surface area (Å²) in [5.41, 5.74) is 0.568. The molecule has 0 N–H and O–H groups in total. The van der Waals surface area contributed by atoms with Crippen molar-refractivity contribution in [2.24, 2.45) is 7.05 Å². The number of aromatic nitrogens is 3. The summed E-state index contributed by atoms with van der Waals surface area (Å²) in [5, 5.41) is 9.77. The number of hydrogen-bond acceptors (Lipinski definition) is 3. The molecule has 2 aromatic carbocycles. The van der Waals surface area contributed by atoms with Crippen LogP contribution in [0.2, 0.25) is 10.0 Å². The Morgan fingerprint density at radius 1 is 1.08 bits per heavy atom. The predicted molar refractivity (Wildman–Crippen MR) is 97.5 cm³/mol. The third-order valence-electron chi connectivity index (χ3n) is 3.63. The minimum absolute atomic E-state index is 0.338. The number of alkyl halides is 3. The SMILES string of the molecule is Cn1c(SCc2cccc(C(F)(F)F)c2)nnc1-c1ccc(Cl)cc1Cl. The topological polar surface area (TPSA) is 30.7 Å². The molecule has 136 valence electrons. The molecule has 0 atom stereocenters. The van der Waals surface area contributed by atoms with Gasteiger partial charge in [-0.1, -0.05) is 53.2 Å². The monoisotopic (exact) mass is 417 g/mol. The summed E-state index contributed by atoms with van der Waals surface area (Å²) >= 11 is 13.4. The van der Waals surface area contributed by atoms with Crippen LogP contribution in [-0.4, -0.2) is 14.8 Å². The van der Waals surface area contributed by atoms with E-state index in [0.29, 0.717) is 37.9 Å². The largest absolute Gasteiger partial charge is 0.416 e. The van der Waals surface area contributed by atoms with Gasteiger partial charge >= 0.3 is 6.18 Å². The lowest BCUT2D eigenvalue weighted by atomic mass is 10.1. The molecular weight excluding hydrogens is 406 g/mol. The van der Waals surface area contributed by atoms with Gasteiger partial charge in [-0.25, -0.2) is 0 Å². The van der Waals surface area contributed by atoms with Crippen molar-refractivity contribution in [1.82, 2.24) is 14.8 Å². The maximum atomic E-state index is 12.8. The molecule has 0 fully saturated rings. The van der Waals surface area contributed by atoms with E-state index < -0.39 is 11.7 Å². The zero-order chi connectivity index (χ0) is 18.9. The van der Waals surface area contributed by atoms with E-state index in [1.165, 1.54) is 17.8 Å². The van der Waals surface area contributed by atoms with E-state index in [2.05, 4.69) is 10.2 Å². The van der Waals surface area contributed by atoms with Gasteiger partial charge in [0.25, 0.3) is 0 Å². The molecule has 0 unspecified atom stereocenters. The molecule has 0 bridgehead atoms. The van der Waals surface area contributed by atoms with Crippen LogP contribution < -0.4 is 0 Å². The third-order valence-corrected chi connectivity index (χ3v) is 5.27. The predicted octanol–water partition coefficient (Wildman–Crippen LogP) is 6.10. The van der Waals surface area contributed by atoms with Crippen LogP contribution in [0.5, 0.6) is 0 Å². The molecule has 1 heterocycles. The van der Waals surface area contributed by atoms with Crippen LogP contribution in [0.3, 0.4) is 0 Å². The van der Waals surface area contributed by atoms with Crippen LogP contribution in [0.15, 0.2) is 47.6 Å². The van der Waals surface area contributed by atoms with Crippen LogP contribution in [0.1, 0.15) is 11.1 Å². The van der Waals surface area contributed by atoms with Crippen molar-refractivity contribution >= 4 is 35.0 Å². The molecule has 1 aromatic heterocycles. The lowest BCUT2D eigenvalue weighted by Crippen LogP contribution is -2.05. The molecule has 0 saturated carbocycles. The number of thioether (sulfide) groups is 1. The maximum Gasteiger partial charge on any atom is 0.416 e. The molecule has 0 radical (unpaired) electrons. The minimum atomic E-state index is -4.36. The second kappa shape index (κ2) is 7.50. The van der Waals surface area contributed by atoms with E-state index in [9.17, 15) is 13.2 Å². The van der Waals surface area contributed by atoms with Crippen molar-refractivity contribution in [3.8, 4) is 11.4 Å². The Morgan fingerprint density at radius 3 is 2.54 bits per heavy atom. The number of benzene rings is 2. The van der Waals surface area contributed by atoms with Crippen LogP contribution in [-0.2, 0) is 19.0 Å². The molecule has 0 aliphatic carbocycles. The highest BCUT2D eigenvalue weighted by Crippen LogP contribution is 2.33. The molecule has 3 aromatic rings. The third kappa shape index (κ3) is 4.16. The Labute approximate surface area is 162 Å². The summed E-state index contributed by atoms with van der Waals surface area (Å²) in [7, 11) is 1.77. The molecule has 3 nitrogen and oxygen atoms in total. The minimum Gasteiger partial charge on any atom is -0.305 e. The Morgan fingerprint density at radius 2 is 1.85 bits per heavy atom. The highest BCUT2D eigenvalue weighted by atomic mass is 35.5. The molecule has 0 spiro atoms. The second-order valence-corrected chi connectivity index (χ2v) is 7.26. The lowest BCUT2D eigenvalue weighted by Gasteiger charge is -2.09. The van der Waals surface area contributed by atoms with Crippen LogP contribution >= 0.6 is 35.0 Å². The average molecular weight is 418 g/mol. The van der Waals surface area contributed by atoms with Gasteiger partial charge in [0.2, 0.25) is 0 Å². The molecule has 0 amide bonds. The normalized spacial score (nSPS) is 11.8. The van der Waals surface area contributed by atoms with Gasteiger partial charge in [0.05, 0.1) is 10.6 Å². The number of nitrogens with zero attached hydrogens (tertiary/aromatic N) is 3. The van der Waals surface area contributed by atoms with Gasteiger partial charge in [-0.05, 0) is 29.8 Å². The Kier molecular flexibility index (Phi) is 5.50. The summed E-state index contributed by atoms with van der Waals surface area (Å²) in [6.07, 6.45) is -4.36. The van der Waals surface area contributed by atoms with Crippen LogP contribution in [0, 0.1) is 0 Å². The maximum absolute atomic E-state index is 12.8. The molecule has 0 aliphatic heterocycles. The van der Waals surface area contributed by atoms with Crippen molar-refractivity contribution in [2.45, 2.75) is 17.1 Å². The number of hydrogen-bond donors (Lipinski definition) is 0. The van der Waals surface area contributed by atoms with E-state index >= 15 is 0 Å². The van der Waals surface area contributed by atoms with E-state index in [0.717, 1.165) is 12.1 Å². The lowest BCUT2D eigenvalue weighted by molar-refractivity contribution is -0.137. The zero-order valence-corrected chi connectivity index (χ0v) is 15.7. The summed E-state index contributed by atoms with van der Waals surface area (Å²) < 4.78 is 40.1. The zero-order valence-electron chi connectivity index (χ0n) is 13.4. The Balaban J connectivity index is 1.79. The first-order chi connectivity index (χ1) is 12.3. The van der Waals surface area contributed by atoms with Crippen molar-refractivity contribution in [3.63, 3.8) is 0 Å². The average Bonchev–Trinajstić information content (AvgIpc) is 2.93. The van der Waals surface area contributed by atoms with Crippen molar-refractivity contribution in [2.75, 3.05) is 0 Å². The highest BCUT2D eigenvalue weighted by Gasteiger charge is 2.30. The van der Waals surface area contributed by atoms with Gasteiger partial charge in [0.1, 0.15) is 0 Å². The van der Waals surface area contributed by atoms with E-state index in [1.54, 1.807) is 35.9 Å². The standard InChI is InChI=1S/C17H12Cl2F3N3S/c1-25-15(13-6-5-12(18)8-14(13)19)23-24-16(25)26-9-10-3-2-4-11(7-10)17(20,21)22/h2-8H,9H2,1H3. The van der Waals surface area contributed by atoms with E-state index in [1.807, 2.05) is 0 Å². The fourth-order valence-corrected chi connectivity index (χ4v) is 3.68. The molecule has 9 heteroatoms. The van der Waals surface area contributed by atoms with Gasteiger partial charge in [-0.15, -0.1) is 10.2 Å². The summed E-state index contributed by atoms with van der Waals surface area (Å²) in [6, 6.07) is 10.3. The van der Waals surface area contributed by atoms with Crippen molar-refractivity contribution in [3.05, 3.63) is 63.6 Å². The van der Waals surface area contributed by atoms with Gasteiger partial charge in [0, 0.05) is 23.4 Å². The number of halogens is 5. The quantitative estimate of drug-likeness (QED) is 0.480. The summed E-state index contributed by atoms with van der Waals surface area (Å²) in [4.78, 5) is 0. The molecule has 0 aliphatic rings. The Bertz CT molecular complexity index is 941. The smallest absolute Gasteiger partial charge is 0.305 e. The second-order valence-electron chi connectivity index (χ2n) is 5.48. The van der Waals surface area contributed by atoms with Crippen LogP contribution in [0.25, 0.3) is 11.4 Å². The van der Waals surface area contributed by atoms with Gasteiger partial charge in [-0.3, -0.25) is 0 Å². The van der Waals surface area contributed by atoms with Crippen molar-refractivity contribution < 1.29 is 13.2 Å². The molecule has 3 rings (SSSR count). The van der Waals surface area contributed by atoms with E-state index in [-0.39, 0.29) is 0 Å². The molecule has 26 heavy (non-hydrogen) atoms. The first-order valence-electron chi connectivity index (χ1n) is 7.39. The number of rotatable bonds is 4. The van der Waals surface area contributed by atoms with E-state index in [4.69, 9.17) is 23.2 Å². The fourth-order valence-electron chi connectivity index (χ4n) is 2.33. The fraction of sp³-hybridized carbons (Fsp3) is 0.176. The van der Waals surface area contributed by atoms with Gasteiger partial charge in [0.15, 0.2) is 11.0 Å². The summed E-state index contributed by atoms with van der Waals surface area (Å²) in [6.45, 7) is 0. The van der Waals surface area contributed by atoms with Gasteiger partial charge < -0.3 is 4.57 Å². The first-order valence-corrected chi connectivity index (χ1v) is 9.13. The highest BCUT2D eigenvalue weighted by molar-refractivity contribution is 7.98. The molecule has 0 saturated heterocycles. The van der Waals surface area contributed by atoms with Gasteiger partial charge in [-0.2, -0.15) is 13.2 Å². The Hall–Kier alpha value is -1.70. The first kappa shape index (κ1) is 19.1. The molecular formula is C17H12Cl2F3N3S. The van der Waals surface area contributed by atoms with Crippen LogP contribution in [0.4, 0.5) is 13.2 Å². The summed E-state index contributed by atoms with van der Waals surface area (Å²) in [5.74, 6) is 0.891.